The fourth-order valence-electron chi connectivity index (χ4n) is 4.28. The average Bonchev–Trinajstić information content (AvgIpc) is 3.40. The number of aryl methyl sites for hydroxylation is 1. The Morgan fingerprint density at radius 3 is 2.49 bits per heavy atom. The summed E-state index contributed by atoms with van der Waals surface area (Å²) in [6.07, 6.45) is -3.72. The molecule has 1 aliphatic heterocycles. The van der Waals surface area contributed by atoms with Crippen molar-refractivity contribution in [3.63, 3.8) is 0 Å². The van der Waals surface area contributed by atoms with Crippen LogP contribution in [-0.2, 0) is 16.6 Å². The number of alkyl halides is 5. The van der Waals surface area contributed by atoms with Crippen molar-refractivity contribution in [2.75, 3.05) is 11.1 Å². The Morgan fingerprint density at radius 2 is 1.81 bits per heavy atom. The van der Waals surface area contributed by atoms with E-state index in [1.54, 1.807) is 19.1 Å². The molecule has 0 radical (unpaired) electrons. The maximum atomic E-state index is 13.6. The highest BCUT2D eigenvalue weighted by atomic mass is 19.4. The Kier molecular flexibility index (Phi) is 5.31. The summed E-state index contributed by atoms with van der Waals surface area (Å²) in [6.45, 7) is 1.62. The Labute approximate surface area is 205 Å². The van der Waals surface area contributed by atoms with Gasteiger partial charge >= 0.3 is 12.1 Å². The van der Waals surface area contributed by atoms with Crippen molar-refractivity contribution >= 4 is 23.2 Å². The number of imidazole rings is 1. The van der Waals surface area contributed by atoms with E-state index in [1.807, 2.05) is 0 Å². The minimum Gasteiger partial charge on any atom is -0.508 e. The van der Waals surface area contributed by atoms with Crippen LogP contribution in [0.15, 0.2) is 42.9 Å². The molecule has 4 heterocycles. The van der Waals surface area contributed by atoms with Crippen LogP contribution in [0, 0.1) is 0 Å². The van der Waals surface area contributed by atoms with Crippen molar-refractivity contribution in [2.45, 2.75) is 37.3 Å². The molecule has 0 bridgehead atoms. The van der Waals surface area contributed by atoms with Gasteiger partial charge in [0.25, 0.3) is 0 Å². The van der Waals surface area contributed by atoms with Crippen molar-refractivity contribution in [1.82, 2.24) is 24.3 Å². The number of aromatic hydroxyl groups is 1. The van der Waals surface area contributed by atoms with Crippen molar-refractivity contribution in [2.24, 2.45) is 0 Å². The largest absolute Gasteiger partial charge is 0.508 e. The lowest BCUT2D eigenvalue weighted by molar-refractivity contribution is -0.284. The molecule has 0 saturated carbocycles. The van der Waals surface area contributed by atoms with E-state index in [1.165, 1.54) is 35.1 Å². The van der Waals surface area contributed by atoms with Crippen molar-refractivity contribution < 1.29 is 31.9 Å². The Bertz CT molecular complexity index is 1540. The number of rotatable bonds is 5. The summed E-state index contributed by atoms with van der Waals surface area (Å²) in [5.74, 6) is -5.39. The molecule has 1 aliphatic rings. The smallest absolute Gasteiger partial charge is 0.453 e. The van der Waals surface area contributed by atoms with Gasteiger partial charge in [0.15, 0.2) is 11.5 Å². The second-order valence-corrected chi connectivity index (χ2v) is 8.72. The zero-order valence-electron chi connectivity index (χ0n) is 19.0. The monoisotopic (exact) mass is 519 g/mol. The first kappa shape index (κ1) is 24.3. The fourth-order valence-corrected chi connectivity index (χ4v) is 4.28. The number of nitrogens with one attached hydrogen (secondary N) is 1. The van der Waals surface area contributed by atoms with Gasteiger partial charge in [-0.1, -0.05) is 12.1 Å². The quantitative estimate of drug-likeness (QED) is 0.341. The molecule has 0 unspecified atom stereocenters. The zero-order valence-corrected chi connectivity index (χ0v) is 19.0. The third kappa shape index (κ3) is 3.88. The van der Waals surface area contributed by atoms with Crippen LogP contribution in [-0.4, -0.2) is 47.4 Å². The van der Waals surface area contributed by atoms with E-state index >= 15 is 0 Å². The number of phenolic OH excluding ortho intramolecular Hbond substituents is 1. The number of amides is 1. The predicted octanol–water partition coefficient (Wildman–Crippen LogP) is 3.86. The van der Waals surface area contributed by atoms with Gasteiger partial charge in [0.05, 0.1) is 11.3 Å². The third-order valence-electron chi connectivity index (χ3n) is 6.33. The topological polar surface area (TPSA) is 131 Å². The summed E-state index contributed by atoms with van der Waals surface area (Å²) in [5.41, 5.74) is 5.79. The van der Waals surface area contributed by atoms with Gasteiger partial charge in [-0.05, 0) is 31.0 Å². The Balaban J connectivity index is 1.57. The van der Waals surface area contributed by atoms with E-state index in [0.29, 0.717) is 11.1 Å². The van der Waals surface area contributed by atoms with Gasteiger partial charge in [0, 0.05) is 25.0 Å². The lowest BCUT2D eigenvalue weighted by atomic mass is 9.78. The second-order valence-electron chi connectivity index (χ2n) is 8.72. The number of nitrogens with two attached hydrogens (primary N) is 1. The summed E-state index contributed by atoms with van der Waals surface area (Å²) in [5, 5.41) is 12.3. The van der Waals surface area contributed by atoms with Crippen molar-refractivity contribution in [1.29, 1.82) is 0 Å². The fraction of sp³-hybridized carbons (Fsp3) is 0.261. The number of benzene rings is 1. The summed E-state index contributed by atoms with van der Waals surface area (Å²) in [4.78, 5) is 29.8. The number of carbonyl (C=O) groups excluding carboxylic acids is 1. The summed E-state index contributed by atoms with van der Waals surface area (Å²) in [7, 11) is 0. The van der Waals surface area contributed by atoms with Crippen LogP contribution in [0.2, 0.25) is 0 Å². The number of aromatic nitrogens is 5. The van der Waals surface area contributed by atoms with E-state index in [4.69, 9.17) is 5.73 Å². The number of halogens is 5. The second kappa shape index (κ2) is 8.08. The maximum absolute atomic E-state index is 13.6. The number of fused-ring (bicyclic) bond motifs is 2. The van der Waals surface area contributed by atoms with Crippen LogP contribution in [0.5, 0.6) is 5.75 Å². The molecule has 9 nitrogen and oxygen atoms in total. The molecule has 0 fully saturated rings. The first-order valence-corrected chi connectivity index (χ1v) is 10.9. The standard InChI is InChI=1S/C23H18F5N7O2/c1-21(11-2-4-12(36)5-3-11)15-16(29)32-17(33-18(15)34-20(21)37)14-10-35-9-8-30-19(35)13(31-14)6-7-22(24,25)23(26,27)28/h2-5,8-10,36H,6-7H2,1H3,(H3,29,32,33,34,37)/t21-/m1/s1. The molecule has 0 aliphatic carbocycles. The highest BCUT2D eigenvalue weighted by molar-refractivity contribution is 6.09. The zero-order chi connectivity index (χ0) is 26.8. The van der Waals surface area contributed by atoms with E-state index < -0.39 is 36.3 Å². The molecule has 4 N–H and O–H groups in total. The van der Waals surface area contributed by atoms with E-state index in [2.05, 4.69) is 25.3 Å². The van der Waals surface area contributed by atoms with E-state index in [-0.39, 0.29) is 40.2 Å². The highest BCUT2D eigenvalue weighted by Gasteiger charge is 2.56. The number of phenols is 1. The lowest BCUT2D eigenvalue weighted by Crippen LogP contribution is -2.36. The van der Waals surface area contributed by atoms with Crippen LogP contribution in [0.3, 0.4) is 0 Å². The molecule has 1 amide bonds. The number of nitrogens with zero attached hydrogens (tertiary/aromatic N) is 5. The molecular formula is C23H18F5N7O2. The molecule has 37 heavy (non-hydrogen) atoms. The van der Waals surface area contributed by atoms with Gasteiger partial charge < -0.3 is 20.6 Å². The van der Waals surface area contributed by atoms with Gasteiger partial charge in [-0.2, -0.15) is 22.0 Å². The number of nitrogen functional groups attached to an aromatic ring is 1. The Morgan fingerprint density at radius 1 is 1.11 bits per heavy atom. The number of hydrogen-bond donors (Lipinski definition) is 3. The number of carbonyl (C=O) groups is 1. The first-order valence-electron chi connectivity index (χ1n) is 10.9. The summed E-state index contributed by atoms with van der Waals surface area (Å²) in [6, 6.07) is 5.97. The molecule has 1 aromatic carbocycles. The van der Waals surface area contributed by atoms with Crippen LogP contribution in [0.4, 0.5) is 33.6 Å². The number of hydrogen-bond acceptors (Lipinski definition) is 7. The summed E-state index contributed by atoms with van der Waals surface area (Å²) < 4.78 is 66.5. The predicted molar refractivity (Wildman–Crippen MR) is 121 cm³/mol. The molecule has 192 valence electrons. The van der Waals surface area contributed by atoms with Gasteiger partial charge in [-0.15, -0.1) is 0 Å². The SMILES string of the molecule is C[C@]1(c2ccc(O)cc2)C(=O)Nc2nc(-c3cn4ccnc4c(CCC(F)(F)C(F)(F)F)n3)nc(N)c21. The van der Waals surface area contributed by atoms with Gasteiger partial charge in [-0.25, -0.2) is 19.9 Å². The van der Waals surface area contributed by atoms with Crippen LogP contribution >= 0.6 is 0 Å². The molecule has 5 rings (SSSR count). The number of anilines is 2. The maximum Gasteiger partial charge on any atom is 0.453 e. The van der Waals surface area contributed by atoms with Crippen LogP contribution in [0.25, 0.3) is 17.2 Å². The molecule has 0 saturated heterocycles. The highest BCUT2D eigenvalue weighted by Crippen LogP contribution is 2.45. The molecular weight excluding hydrogens is 501 g/mol. The minimum absolute atomic E-state index is 0.00955. The molecule has 1 atom stereocenters. The van der Waals surface area contributed by atoms with E-state index in [9.17, 15) is 31.9 Å². The molecule has 4 aromatic rings. The summed E-state index contributed by atoms with van der Waals surface area (Å²) >= 11 is 0. The first-order chi connectivity index (χ1) is 17.3. The van der Waals surface area contributed by atoms with Crippen molar-refractivity contribution in [3.8, 4) is 17.3 Å². The van der Waals surface area contributed by atoms with Gasteiger partial charge in [-0.3, -0.25) is 4.79 Å². The minimum atomic E-state index is -5.70. The van der Waals surface area contributed by atoms with Crippen LogP contribution < -0.4 is 11.1 Å². The molecule has 14 heteroatoms. The lowest BCUT2D eigenvalue weighted by Gasteiger charge is -2.23. The normalized spacial score (nSPS) is 17.7. The molecule has 3 aromatic heterocycles. The average molecular weight is 519 g/mol. The van der Waals surface area contributed by atoms with Gasteiger partial charge in [0.2, 0.25) is 5.91 Å². The molecule has 0 spiro atoms. The van der Waals surface area contributed by atoms with E-state index in [0.717, 1.165) is 0 Å². The Hall–Kier alpha value is -4.36. The van der Waals surface area contributed by atoms with Crippen LogP contribution in [0.1, 0.15) is 30.2 Å². The van der Waals surface area contributed by atoms with Gasteiger partial charge in [0.1, 0.15) is 28.5 Å². The van der Waals surface area contributed by atoms with Crippen molar-refractivity contribution in [3.05, 3.63) is 59.7 Å². The third-order valence-corrected chi connectivity index (χ3v) is 6.33.